The molecule has 0 spiro atoms. The number of amides is 1. The van der Waals surface area contributed by atoms with E-state index in [0.717, 1.165) is 0 Å². The Morgan fingerprint density at radius 3 is 3.00 bits per heavy atom. The van der Waals surface area contributed by atoms with Crippen molar-refractivity contribution in [2.24, 2.45) is 5.73 Å². The van der Waals surface area contributed by atoms with E-state index < -0.39 is 11.8 Å². The zero-order valence-electron chi connectivity index (χ0n) is 11.2. The number of nitrogens with zero attached hydrogens (tertiary/aromatic N) is 4. The van der Waals surface area contributed by atoms with Crippen molar-refractivity contribution in [2.45, 2.75) is 12.5 Å². The average Bonchev–Trinajstić information content (AvgIpc) is 2.71. The average molecular weight is 286 g/mol. The van der Waals surface area contributed by atoms with Crippen LogP contribution in [-0.2, 0) is 11.3 Å². The number of hydrogen-bond acceptors (Lipinski definition) is 6. The van der Waals surface area contributed by atoms with Crippen LogP contribution in [0.1, 0.15) is 11.7 Å². The van der Waals surface area contributed by atoms with Gasteiger partial charge in [-0.05, 0) is 6.07 Å². The van der Waals surface area contributed by atoms with E-state index in [2.05, 4.69) is 20.3 Å². The summed E-state index contributed by atoms with van der Waals surface area (Å²) in [6.07, 6.45) is 2.95. The van der Waals surface area contributed by atoms with Gasteiger partial charge in [0.1, 0.15) is 18.1 Å². The number of nitrogens with one attached hydrogen (secondary N) is 1. The third-order valence-electron chi connectivity index (χ3n) is 3.40. The van der Waals surface area contributed by atoms with Gasteiger partial charge in [-0.25, -0.2) is 15.0 Å². The highest BCUT2D eigenvalue weighted by molar-refractivity contribution is 5.81. The molecule has 0 saturated carbocycles. The molecule has 8 heteroatoms. The number of aromatic nitrogens is 4. The van der Waals surface area contributed by atoms with Gasteiger partial charge in [0.15, 0.2) is 0 Å². The van der Waals surface area contributed by atoms with E-state index >= 15 is 0 Å². The van der Waals surface area contributed by atoms with Gasteiger partial charge in [0.05, 0.1) is 11.4 Å². The number of primary amides is 1. The summed E-state index contributed by atoms with van der Waals surface area (Å²) in [6.45, 7) is 1.41. The minimum atomic E-state index is -0.637. The molecule has 1 unspecified atom stereocenters. The molecular weight excluding hydrogens is 272 g/mol. The van der Waals surface area contributed by atoms with E-state index in [1.165, 1.54) is 17.0 Å². The maximum atomic E-state index is 12.3. The number of fused-ring (bicyclic) bond motifs is 1. The first kappa shape index (κ1) is 13.4. The van der Waals surface area contributed by atoms with Crippen LogP contribution in [0.5, 0.6) is 0 Å². The molecule has 21 heavy (non-hydrogen) atoms. The van der Waals surface area contributed by atoms with Gasteiger partial charge in [-0.1, -0.05) is 0 Å². The molecule has 0 radical (unpaired) electrons. The maximum absolute atomic E-state index is 12.3. The quantitative estimate of drug-likeness (QED) is 0.722. The SMILES string of the molecule is NC(=O)C1CNCCn2c1nc(-c1ccncn1)cc2=O. The van der Waals surface area contributed by atoms with Crippen molar-refractivity contribution < 1.29 is 4.79 Å². The number of rotatable bonds is 2. The predicted molar refractivity (Wildman–Crippen MR) is 74.3 cm³/mol. The Labute approximate surface area is 120 Å². The van der Waals surface area contributed by atoms with Crippen molar-refractivity contribution in [1.82, 2.24) is 24.8 Å². The van der Waals surface area contributed by atoms with Crippen LogP contribution in [-0.4, -0.2) is 38.5 Å². The van der Waals surface area contributed by atoms with E-state index in [1.807, 2.05) is 0 Å². The van der Waals surface area contributed by atoms with Crippen LogP contribution in [0.3, 0.4) is 0 Å². The smallest absolute Gasteiger partial charge is 0.254 e. The molecule has 8 nitrogen and oxygen atoms in total. The molecule has 1 aliphatic heterocycles. The lowest BCUT2D eigenvalue weighted by molar-refractivity contribution is -0.119. The summed E-state index contributed by atoms with van der Waals surface area (Å²) in [5.74, 6) is -0.763. The molecule has 2 aromatic heterocycles. The summed E-state index contributed by atoms with van der Waals surface area (Å²) in [6, 6.07) is 3.07. The van der Waals surface area contributed by atoms with Crippen molar-refractivity contribution in [3.63, 3.8) is 0 Å². The van der Waals surface area contributed by atoms with Crippen LogP contribution < -0.4 is 16.6 Å². The standard InChI is InChI=1S/C13H14N6O2/c14-12(21)8-6-15-3-4-19-11(20)5-10(18-13(8)19)9-1-2-16-7-17-9/h1-2,5,7-8,15H,3-4,6H2,(H2,14,21). The second kappa shape index (κ2) is 5.41. The number of carbonyl (C=O) groups excluding carboxylic acids is 1. The van der Waals surface area contributed by atoms with Gasteiger partial charge in [0.25, 0.3) is 5.56 Å². The molecule has 0 aliphatic carbocycles. The first-order chi connectivity index (χ1) is 10.2. The summed E-state index contributed by atoms with van der Waals surface area (Å²) < 4.78 is 1.49. The molecule has 0 saturated heterocycles. The van der Waals surface area contributed by atoms with Crippen LogP contribution >= 0.6 is 0 Å². The Morgan fingerprint density at radius 1 is 1.43 bits per heavy atom. The first-order valence-corrected chi connectivity index (χ1v) is 6.55. The van der Waals surface area contributed by atoms with E-state index in [4.69, 9.17) is 5.73 Å². The first-order valence-electron chi connectivity index (χ1n) is 6.55. The van der Waals surface area contributed by atoms with E-state index in [-0.39, 0.29) is 5.56 Å². The van der Waals surface area contributed by atoms with E-state index in [9.17, 15) is 9.59 Å². The van der Waals surface area contributed by atoms with Gasteiger partial charge >= 0.3 is 0 Å². The monoisotopic (exact) mass is 286 g/mol. The Bertz CT molecular complexity index is 727. The molecule has 0 bridgehead atoms. The van der Waals surface area contributed by atoms with Gasteiger partial charge in [-0.3, -0.25) is 14.2 Å². The lowest BCUT2D eigenvalue weighted by Crippen LogP contribution is -2.33. The molecule has 3 heterocycles. The van der Waals surface area contributed by atoms with E-state index in [0.29, 0.717) is 36.8 Å². The molecule has 2 aromatic rings. The largest absolute Gasteiger partial charge is 0.369 e. The van der Waals surface area contributed by atoms with Gasteiger partial charge in [0, 0.05) is 31.9 Å². The molecule has 1 amide bonds. The topological polar surface area (TPSA) is 116 Å². The second-order valence-corrected chi connectivity index (χ2v) is 4.74. The highest BCUT2D eigenvalue weighted by Crippen LogP contribution is 2.18. The molecule has 108 valence electrons. The third-order valence-corrected chi connectivity index (χ3v) is 3.40. The minimum absolute atomic E-state index is 0.219. The van der Waals surface area contributed by atoms with Gasteiger partial charge < -0.3 is 11.1 Å². The van der Waals surface area contributed by atoms with Gasteiger partial charge in [-0.2, -0.15) is 0 Å². The summed E-state index contributed by atoms with van der Waals surface area (Å²) in [4.78, 5) is 36.3. The van der Waals surface area contributed by atoms with Crippen molar-refractivity contribution in [3.05, 3.63) is 40.8 Å². The van der Waals surface area contributed by atoms with Crippen LogP contribution in [0.25, 0.3) is 11.4 Å². The lowest BCUT2D eigenvalue weighted by Gasteiger charge is -2.15. The maximum Gasteiger partial charge on any atom is 0.254 e. The Morgan fingerprint density at radius 2 is 2.29 bits per heavy atom. The van der Waals surface area contributed by atoms with Crippen LogP contribution in [0.15, 0.2) is 29.5 Å². The Hall–Kier alpha value is -2.61. The van der Waals surface area contributed by atoms with Gasteiger partial charge in [0.2, 0.25) is 5.91 Å². The van der Waals surface area contributed by atoms with E-state index in [1.54, 1.807) is 12.3 Å². The number of nitrogens with two attached hydrogens (primary N) is 1. The van der Waals surface area contributed by atoms with Crippen LogP contribution in [0.2, 0.25) is 0 Å². The zero-order valence-corrected chi connectivity index (χ0v) is 11.2. The summed E-state index contributed by atoms with van der Waals surface area (Å²) in [7, 11) is 0. The summed E-state index contributed by atoms with van der Waals surface area (Å²) >= 11 is 0. The summed E-state index contributed by atoms with van der Waals surface area (Å²) in [5.41, 5.74) is 6.16. The molecule has 1 atom stereocenters. The van der Waals surface area contributed by atoms with Crippen molar-refractivity contribution in [3.8, 4) is 11.4 Å². The molecule has 3 rings (SSSR count). The molecule has 0 aromatic carbocycles. The lowest BCUT2D eigenvalue weighted by atomic mass is 10.1. The zero-order chi connectivity index (χ0) is 14.8. The second-order valence-electron chi connectivity index (χ2n) is 4.74. The molecular formula is C13H14N6O2. The normalized spacial score (nSPS) is 17.8. The highest BCUT2D eigenvalue weighted by Gasteiger charge is 2.26. The Balaban J connectivity index is 2.18. The van der Waals surface area contributed by atoms with Crippen molar-refractivity contribution in [1.29, 1.82) is 0 Å². The van der Waals surface area contributed by atoms with Crippen LogP contribution in [0.4, 0.5) is 0 Å². The fourth-order valence-corrected chi connectivity index (χ4v) is 2.34. The van der Waals surface area contributed by atoms with Crippen LogP contribution in [0, 0.1) is 0 Å². The summed E-state index contributed by atoms with van der Waals surface area (Å²) in [5, 5.41) is 3.09. The minimum Gasteiger partial charge on any atom is -0.369 e. The van der Waals surface area contributed by atoms with Crippen molar-refractivity contribution >= 4 is 5.91 Å². The fourth-order valence-electron chi connectivity index (χ4n) is 2.34. The predicted octanol–water partition coefficient (Wildman–Crippen LogP) is -1.13. The van der Waals surface area contributed by atoms with Crippen molar-refractivity contribution in [2.75, 3.05) is 13.1 Å². The molecule has 3 N–H and O–H groups in total. The molecule has 1 aliphatic rings. The number of hydrogen-bond donors (Lipinski definition) is 2. The Kier molecular flexibility index (Phi) is 3.44. The van der Waals surface area contributed by atoms with Gasteiger partial charge in [-0.15, -0.1) is 0 Å². The molecule has 0 fully saturated rings. The fraction of sp³-hybridized carbons (Fsp3) is 0.308. The number of carbonyl (C=O) groups is 1. The third kappa shape index (κ3) is 2.52. The highest BCUT2D eigenvalue weighted by atomic mass is 16.1.